The van der Waals surface area contributed by atoms with Gasteiger partial charge in [0.05, 0.1) is 0 Å². The predicted molar refractivity (Wildman–Crippen MR) is 142 cm³/mol. The molecule has 4 rings (SSSR count). The van der Waals surface area contributed by atoms with E-state index in [4.69, 9.17) is 0 Å². The third-order valence-electron chi connectivity index (χ3n) is 7.47. The van der Waals surface area contributed by atoms with Gasteiger partial charge in [-0.25, -0.2) is 0 Å². The lowest BCUT2D eigenvalue weighted by atomic mass is 9.75. The lowest BCUT2D eigenvalue weighted by Gasteiger charge is -2.45. The molecule has 0 saturated heterocycles. The number of benzene rings is 3. The second kappa shape index (κ2) is 11.5. The van der Waals surface area contributed by atoms with Crippen LogP contribution in [-0.4, -0.2) is 42.3 Å². The molecule has 1 saturated carbocycles. The Morgan fingerprint density at radius 3 is 2.09 bits per heavy atom. The van der Waals surface area contributed by atoms with Gasteiger partial charge in [0, 0.05) is 29.1 Å². The first-order valence-electron chi connectivity index (χ1n) is 12.6. The van der Waals surface area contributed by atoms with Gasteiger partial charge in [-0.05, 0) is 69.8 Å². The smallest absolute Gasteiger partial charge is 0.220 e. The predicted octanol–water partition coefficient (Wildman–Crippen LogP) is 5.45. The summed E-state index contributed by atoms with van der Waals surface area (Å²) in [5.41, 5.74) is 3.88. The van der Waals surface area contributed by atoms with Crippen molar-refractivity contribution in [3.8, 4) is 0 Å². The Bertz CT molecular complexity index is 1120. The van der Waals surface area contributed by atoms with Gasteiger partial charge in [0.2, 0.25) is 5.91 Å². The Kier molecular flexibility index (Phi) is 8.14. The highest BCUT2D eigenvalue weighted by atomic mass is 16.1. The van der Waals surface area contributed by atoms with Crippen molar-refractivity contribution in [1.82, 2.24) is 10.2 Å². The summed E-state index contributed by atoms with van der Waals surface area (Å²) in [5, 5.41) is 3.27. The molecule has 0 spiro atoms. The number of ketones is 1. The van der Waals surface area contributed by atoms with Gasteiger partial charge in [-0.1, -0.05) is 78.9 Å². The molecule has 4 heteroatoms. The molecule has 1 N–H and O–H groups in total. The molecule has 1 fully saturated rings. The van der Waals surface area contributed by atoms with Crippen molar-refractivity contribution >= 4 is 11.7 Å². The zero-order chi connectivity index (χ0) is 24.7. The molecule has 0 bridgehead atoms. The summed E-state index contributed by atoms with van der Waals surface area (Å²) in [7, 11) is 4.36. The maximum atomic E-state index is 12.7. The zero-order valence-electron chi connectivity index (χ0n) is 20.9. The van der Waals surface area contributed by atoms with E-state index in [1.807, 2.05) is 54.6 Å². The summed E-state index contributed by atoms with van der Waals surface area (Å²) in [5.74, 6) is 0.106. The lowest BCUT2D eigenvalue weighted by Crippen LogP contribution is -2.52. The fraction of sp³-hybridized carbons (Fsp3) is 0.355. The Morgan fingerprint density at radius 2 is 1.43 bits per heavy atom. The van der Waals surface area contributed by atoms with Crippen LogP contribution in [0.15, 0.2) is 84.9 Å². The minimum Gasteiger partial charge on any atom is -0.353 e. The standard InChI is InChI=1S/C31H36N2O2/c1-33(2)31(23-25-10-5-3-6-11-25)20-18-28(19-21-31)32-29(34)17-16-24-12-9-15-27(22-24)30(35)26-13-7-4-8-14-26/h3-15,22,28H,16-21,23H2,1-2H3,(H,32,34). The number of hydrogen-bond acceptors (Lipinski definition) is 3. The highest BCUT2D eigenvalue weighted by molar-refractivity contribution is 6.09. The molecule has 1 aliphatic rings. The van der Waals surface area contributed by atoms with Crippen molar-refractivity contribution in [3.63, 3.8) is 0 Å². The molecule has 1 amide bonds. The monoisotopic (exact) mass is 468 g/mol. The molecule has 3 aromatic rings. The summed E-state index contributed by atoms with van der Waals surface area (Å²) >= 11 is 0. The van der Waals surface area contributed by atoms with E-state index in [-0.39, 0.29) is 23.3 Å². The largest absolute Gasteiger partial charge is 0.353 e. The van der Waals surface area contributed by atoms with E-state index < -0.39 is 0 Å². The summed E-state index contributed by atoms with van der Waals surface area (Å²) in [6.07, 6.45) is 6.24. The van der Waals surface area contributed by atoms with E-state index >= 15 is 0 Å². The van der Waals surface area contributed by atoms with Crippen LogP contribution in [0.4, 0.5) is 0 Å². The maximum Gasteiger partial charge on any atom is 0.220 e. The molecule has 0 atom stereocenters. The van der Waals surface area contributed by atoms with Crippen LogP contribution in [0, 0.1) is 0 Å². The van der Waals surface area contributed by atoms with Gasteiger partial charge in [0.1, 0.15) is 0 Å². The van der Waals surface area contributed by atoms with E-state index in [1.54, 1.807) is 0 Å². The summed E-state index contributed by atoms with van der Waals surface area (Å²) < 4.78 is 0. The molecule has 35 heavy (non-hydrogen) atoms. The normalized spacial score (nSPS) is 19.9. The topological polar surface area (TPSA) is 49.4 Å². The minimum absolute atomic E-state index is 0.0129. The van der Waals surface area contributed by atoms with Crippen molar-refractivity contribution < 1.29 is 9.59 Å². The molecule has 0 heterocycles. The molecular weight excluding hydrogens is 432 g/mol. The van der Waals surface area contributed by atoms with Crippen molar-refractivity contribution in [1.29, 1.82) is 0 Å². The highest BCUT2D eigenvalue weighted by Gasteiger charge is 2.37. The van der Waals surface area contributed by atoms with E-state index in [0.29, 0.717) is 24.0 Å². The quantitative estimate of drug-likeness (QED) is 0.425. The Labute approximate surface area is 209 Å². The van der Waals surface area contributed by atoms with Crippen LogP contribution in [0.2, 0.25) is 0 Å². The fourth-order valence-corrected chi connectivity index (χ4v) is 5.24. The average molecular weight is 469 g/mol. The third kappa shape index (κ3) is 6.46. The van der Waals surface area contributed by atoms with Gasteiger partial charge in [-0.15, -0.1) is 0 Å². The van der Waals surface area contributed by atoms with E-state index in [1.165, 1.54) is 5.56 Å². The zero-order valence-corrected chi connectivity index (χ0v) is 20.9. The van der Waals surface area contributed by atoms with Gasteiger partial charge in [-0.2, -0.15) is 0 Å². The van der Waals surface area contributed by atoms with E-state index in [0.717, 1.165) is 37.7 Å². The number of amides is 1. The average Bonchev–Trinajstić information content (AvgIpc) is 2.89. The van der Waals surface area contributed by atoms with Gasteiger partial charge in [0.15, 0.2) is 5.78 Å². The summed E-state index contributed by atoms with van der Waals surface area (Å²) in [4.78, 5) is 27.8. The van der Waals surface area contributed by atoms with Crippen LogP contribution in [-0.2, 0) is 17.6 Å². The van der Waals surface area contributed by atoms with Crippen LogP contribution >= 0.6 is 0 Å². The van der Waals surface area contributed by atoms with E-state index in [9.17, 15) is 9.59 Å². The molecule has 1 aliphatic carbocycles. The summed E-state index contributed by atoms with van der Waals surface area (Å²) in [6, 6.07) is 27.9. The molecule has 0 aliphatic heterocycles. The molecular formula is C31H36N2O2. The first-order chi connectivity index (χ1) is 16.9. The number of likely N-dealkylation sites (N-methyl/N-ethyl adjacent to an activating group) is 1. The number of rotatable bonds is 9. The summed E-state index contributed by atoms with van der Waals surface area (Å²) in [6.45, 7) is 0. The molecule has 0 radical (unpaired) electrons. The molecule has 0 unspecified atom stereocenters. The minimum atomic E-state index is 0.0129. The number of aryl methyl sites for hydroxylation is 1. The van der Waals surface area contributed by atoms with Gasteiger partial charge < -0.3 is 10.2 Å². The van der Waals surface area contributed by atoms with Gasteiger partial charge in [0.25, 0.3) is 0 Å². The van der Waals surface area contributed by atoms with Gasteiger partial charge in [-0.3, -0.25) is 9.59 Å². The first kappa shape index (κ1) is 24.9. The second-order valence-corrected chi connectivity index (χ2v) is 10.0. The van der Waals surface area contributed by atoms with Crippen molar-refractivity contribution in [2.24, 2.45) is 0 Å². The SMILES string of the molecule is CN(C)C1(Cc2ccccc2)CCC(NC(=O)CCc2cccc(C(=O)c3ccccc3)c2)CC1. The number of carbonyl (C=O) groups excluding carboxylic acids is 2. The van der Waals surface area contributed by atoms with Crippen molar-refractivity contribution in [2.75, 3.05) is 14.1 Å². The maximum absolute atomic E-state index is 12.7. The van der Waals surface area contributed by atoms with Crippen LogP contribution < -0.4 is 5.32 Å². The highest BCUT2D eigenvalue weighted by Crippen LogP contribution is 2.35. The molecule has 3 aromatic carbocycles. The molecule has 4 nitrogen and oxygen atoms in total. The van der Waals surface area contributed by atoms with Crippen LogP contribution in [0.25, 0.3) is 0 Å². The van der Waals surface area contributed by atoms with E-state index in [2.05, 4.69) is 54.6 Å². The lowest BCUT2D eigenvalue weighted by molar-refractivity contribution is -0.122. The number of nitrogens with one attached hydrogen (secondary N) is 1. The van der Waals surface area contributed by atoms with Gasteiger partial charge >= 0.3 is 0 Å². The Balaban J connectivity index is 1.28. The second-order valence-electron chi connectivity index (χ2n) is 10.0. The van der Waals surface area contributed by atoms with Crippen molar-refractivity contribution in [3.05, 3.63) is 107 Å². The van der Waals surface area contributed by atoms with Crippen molar-refractivity contribution in [2.45, 2.75) is 56.5 Å². The molecule has 0 aromatic heterocycles. The van der Waals surface area contributed by atoms with Crippen LogP contribution in [0.3, 0.4) is 0 Å². The third-order valence-corrected chi connectivity index (χ3v) is 7.47. The van der Waals surface area contributed by atoms with Crippen LogP contribution in [0.5, 0.6) is 0 Å². The molecule has 182 valence electrons. The fourth-order valence-electron chi connectivity index (χ4n) is 5.24. The number of hydrogen-bond donors (Lipinski definition) is 1. The number of nitrogens with zero attached hydrogens (tertiary/aromatic N) is 1. The first-order valence-corrected chi connectivity index (χ1v) is 12.6. The van der Waals surface area contributed by atoms with Crippen LogP contribution in [0.1, 0.15) is 59.2 Å². The number of carbonyl (C=O) groups is 2. The Hall–Kier alpha value is -3.24. The Morgan fingerprint density at radius 1 is 0.829 bits per heavy atom.